The van der Waals surface area contributed by atoms with E-state index in [1.165, 1.54) is 37.8 Å². The van der Waals surface area contributed by atoms with Crippen molar-refractivity contribution in [1.82, 2.24) is 14.4 Å². The van der Waals surface area contributed by atoms with Crippen LogP contribution in [0.25, 0.3) is 5.65 Å². The molecule has 4 heteroatoms. The summed E-state index contributed by atoms with van der Waals surface area (Å²) in [5.41, 5.74) is 8.92. The molecule has 0 saturated heterocycles. The van der Waals surface area contributed by atoms with Crippen molar-refractivity contribution < 1.29 is 0 Å². The normalized spacial score (nSPS) is 17.2. The van der Waals surface area contributed by atoms with E-state index in [9.17, 15) is 0 Å². The van der Waals surface area contributed by atoms with Gasteiger partial charge < -0.3 is 5.73 Å². The molecule has 1 fully saturated rings. The van der Waals surface area contributed by atoms with E-state index in [1.54, 1.807) is 0 Å². The van der Waals surface area contributed by atoms with E-state index in [0.29, 0.717) is 12.5 Å². The second-order valence-electron chi connectivity index (χ2n) is 5.56. The number of hydrogen-bond donors (Lipinski definition) is 1. The molecule has 0 aromatic carbocycles. The van der Waals surface area contributed by atoms with E-state index in [4.69, 9.17) is 10.7 Å². The Bertz CT molecular complexity index is 567. The monoisotopic (exact) mass is 258 g/mol. The zero-order chi connectivity index (χ0) is 13.2. The molecule has 0 spiro atoms. The van der Waals surface area contributed by atoms with Crippen molar-refractivity contribution in [2.75, 3.05) is 6.54 Å². The number of nitrogens with two attached hydrogens (primary N) is 1. The van der Waals surface area contributed by atoms with Gasteiger partial charge in [-0.1, -0.05) is 19.3 Å². The number of aromatic nitrogens is 3. The minimum absolute atomic E-state index is 0.632. The Labute approximate surface area is 114 Å². The van der Waals surface area contributed by atoms with Crippen LogP contribution >= 0.6 is 0 Å². The predicted octanol–water partition coefficient (Wildman–Crippen LogP) is 2.59. The smallest absolute Gasteiger partial charge is 0.140 e. The Balaban J connectivity index is 1.97. The minimum Gasteiger partial charge on any atom is -0.330 e. The van der Waals surface area contributed by atoms with Crippen LogP contribution in [0.2, 0.25) is 0 Å². The van der Waals surface area contributed by atoms with Gasteiger partial charge in [0.25, 0.3) is 0 Å². The van der Waals surface area contributed by atoms with E-state index in [1.807, 2.05) is 0 Å². The fourth-order valence-corrected chi connectivity index (χ4v) is 3.09. The van der Waals surface area contributed by atoms with Crippen molar-refractivity contribution in [1.29, 1.82) is 0 Å². The van der Waals surface area contributed by atoms with Crippen LogP contribution in [0.4, 0.5) is 0 Å². The summed E-state index contributed by atoms with van der Waals surface area (Å²) in [5.74, 6) is 1.67. The summed E-state index contributed by atoms with van der Waals surface area (Å²) in [6.45, 7) is 2.71. The lowest BCUT2D eigenvalue weighted by Gasteiger charge is -2.21. The molecular formula is C15H22N4. The quantitative estimate of drug-likeness (QED) is 0.920. The summed E-state index contributed by atoms with van der Waals surface area (Å²) >= 11 is 0. The van der Waals surface area contributed by atoms with Gasteiger partial charge in [-0.25, -0.2) is 9.97 Å². The third-order valence-corrected chi connectivity index (χ3v) is 4.12. The van der Waals surface area contributed by atoms with Crippen molar-refractivity contribution in [2.45, 2.75) is 51.4 Å². The summed E-state index contributed by atoms with van der Waals surface area (Å²) in [6.07, 6.45) is 9.50. The van der Waals surface area contributed by atoms with Gasteiger partial charge >= 0.3 is 0 Å². The van der Waals surface area contributed by atoms with Gasteiger partial charge in [0, 0.05) is 30.3 Å². The Kier molecular flexibility index (Phi) is 3.51. The Morgan fingerprint density at radius 1 is 1.26 bits per heavy atom. The molecule has 2 heterocycles. The van der Waals surface area contributed by atoms with Crippen molar-refractivity contribution in [3.8, 4) is 0 Å². The summed E-state index contributed by atoms with van der Waals surface area (Å²) < 4.78 is 2.08. The van der Waals surface area contributed by atoms with Crippen LogP contribution in [0.15, 0.2) is 12.3 Å². The third kappa shape index (κ3) is 2.50. The summed E-state index contributed by atoms with van der Waals surface area (Å²) in [5, 5.41) is 0. The predicted molar refractivity (Wildman–Crippen MR) is 76.3 cm³/mol. The second-order valence-corrected chi connectivity index (χ2v) is 5.56. The summed E-state index contributed by atoms with van der Waals surface area (Å²) in [6, 6.07) is 2.17. The van der Waals surface area contributed by atoms with E-state index in [-0.39, 0.29) is 0 Å². The molecule has 1 aliphatic rings. The molecule has 3 rings (SSSR count). The Hall–Kier alpha value is -1.42. The van der Waals surface area contributed by atoms with E-state index in [0.717, 1.165) is 23.6 Å². The lowest BCUT2D eigenvalue weighted by atomic mass is 9.87. The summed E-state index contributed by atoms with van der Waals surface area (Å²) in [4.78, 5) is 9.45. The summed E-state index contributed by atoms with van der Waals surface area (Å²) in [7, 11) is 0. The fraction of sp³-hybridized carbons (Fsp3) is 0.600. The molecule has 1 aliphatic carbocycles. The van der Waals surface area contributed by atoms with E-state index in [2.05, 4.69) is 28.6 Å². The van der Waals surface area contributed by atoms with Gasteiger partial charge in [-0.05, 0) is 26.3 Å². The van der Waals surface area contributed by atoms with E-state index < -0.39 is 0 Å². The highest BCUT2D eigenvalue weighted by atomic mass is 15.1. The number of rotatable bonds is 3. The van der Waals surface area contributed by atoms with Crippen LogP contribution in [0.1, 0.15) is 55.2 Å². The molecule has 0 aliphatic heterocycles. The Morgan fingerprint density at radius 3 is 2.79 bits per heavy atom. The van der Waals surface area contributed by atoms with Crippen LogP contribution in [0, 0.1) is 6.92 Å². The third-order valence-electron chi connectivity index (χ3n) is 4.12. The maximum Gasteiger partial charge on any atom is 0.140 e. The zero-order valence-corrected chi connectivity index (χ0v) is 11.6. The van der Waals surface area contributed by atoms with Gasteiger partial charge in [0.1, 0.15) is 11.5 Å². The number of nitrogens with zero attached hydrogens (tertiary/aromatic N) is 3. The van der Waals surface area contributed by atoms with Gasteiger partial charge in [-0.3, -0.25) is 4.40 Å². The molecule has 0 amide bonds. The van der Waals surface area contributed by atoms with Crippen LogP contribution in [-0.4, -0.2) is 20.9 Å². The fourth-order valence-electron chi connectivity index (χ4n) is 3.09. The number of hydrogen-bond acceptors (Lipinski definition) is 3. The van der Waals surface area contributed by atoms with Crippen LogP contribution in [0.5, 0.6) is 0 Å². The largest absolute Gasteiger partial charge is 0.330 e. The molecule has 1 saturated carbocycles. The maximum absolute atomic E-state index is 5.60. The van der Waals surface area contributed by atoms with Gasteiger partial charge in [-0.15, -0.1) is 0 Å². The molecule has 0 unspecified atom stereocenters. The van der Waals surface area contributed by atoms with Crippen molar-refractivity contribution in [3.63, 3.8) is 0 Å². The molecule has 102 valence electrons. The first kappa shape index (κ1) is 12.6. The lowest BCUT2D eigenvalue weighted by Crippen LogP contribution is -2.09. The topological polar surface area (TPSA) is 56.2 Å². The zero-order valence-electron chi connectivity index (χ0n) is 11.6. The molecule has 2 N–H and O–H groups in total. The van der Waals surface area contributed by atoms with Crippen LogP contribution in [-0.2, 0) is 6.42 Å². The van der Waals surface area contributed by atoms with Crippen molar-refractivity contribution in [2.24, 2.45) is 5.73 Å². The number of imidazole rings is 1. The van der Waals surface area contributed by atoms with Crippen LogP contribution < -0.4 is 5.73 Å². The molecule has 0 bridgehead atoms. The lowest BCUT2D eigenvalue weighted by molar-refractivity contribution is 0.435. The SMILES string of the molecule is Cc1nc(C2CCCCC2)cc2nc(CCN)cn12. The first-order chi connectivity index (χ1) is 9.28. The first-order valence-corrected chi connectivity index (χ1v) is 7.33. The van der Waals surface area contributed by atoms with Gasteiger partial charge in [-0.2, -0.15) is 0 Å². The van der Waals surface area contributed by atoms with Crippen LogP contribution in [0.3, 0.4) is 0 Å². The first-order valence-electron chi connectivity index (χ1n) is 7.33. The average Bonchev–Trinajstić information content (AvgIpc) is 2.83. The minimum atomic E-state index is 0.632. The van der Waals surface area contributed by atoms with Crippen molar-refractivity contribution in [3.05, 3.63) is 29.5 Å². The molecular weight excluding hydrogens is 236 g/mol. The molecule has 0 radical (unpaired) electrons. The molecule has 2 aromatic heterocycles. The number of fused-ring (bicyclic) bond motifs is 1. The molecule has 19 heavy (non-hydrogen) atoms. The molecule has 0 atom stereocenters. The molecule has 2 aromatic rings. The maximum atomic E-state index is 5.60. The highest BCUT2D eigenvalue weighted by Gasteiger charge is 2.18. The highest BCUT2D eigenvalue weighted by Crippen LogP contribution is 2.32. The standard InChI is InChI=1S/C15H22N4/c1-11-17-14(12-5-3-2-4-6-12)9-15-18-13(7-8-16)10-19(11)15/h9-10,12H,2-8,16H2,1H3. The Morgan fingerprint density at radius 2 is 2.05 bits per heavy atom. The van der Waals surface area contributed by atoms with Gasteiger partial charge in [0.2, 0.25) is 0 Å². The van der Waals surface area contributed by atoms with E-state index >= 15 is 0 Å². The number of aryl methyl sites for hydroxylation is 1. The highest BCUT2D eigenvalue weighted by molar-refractivity contribution is 5.43. The van der Waals surface area contributed by atoms with Gasteiger partial charge in [0.15, 0.2) is 0 Å². The molecule has 4 nitrogen and oxygen atoms in total. The average molecular weight is 258 g/mol. The van der Waals surface area contributed by atoms with Gasteiger partial charge in [0.05, 0.1) is 5.69 Å². The van der Waals surface area contributed by atoms with Crippen molar-refractivity contribution >= 4 is 5.65 Å². The second kappa shape index (κ2) is 5.29.